The molecule has 1 aliphatic rings. The summed E-state index contributed by atoms with van der Waals surface area (Å²) in [6.45, 7) is 0. The van der Waals surface area contributed by atoms with E-state index in [0.717, 1.165) is 40.4 Å². The van der Waals surface area contributed by atoms with Crippen LogP contribution in [0.4, 0.5) is 5.82 Å². The first-order valence-corrected chi connectivity index (χ1v) is 8.51. The summed E-state index contributed by atoms with van der Waals surface area (Å²) < 4.78 is 14.1. The van der Waals surface area contributed by atoms with E-state index in [1.54, 1.807) is 6.20 Å². The van der Waals surface area contributed by atoms with Crippen molar-refractivity contribution < 1.29 is 9.47 Å². The fraction of sp³-hybridized carbons (Fsp3) is 0.211. The van der Waals surface area contributed by atoms with Gasteiger partial charge in [-0.15, -0.1) is 0 Å². The average Bonchev–Trinajstić information content (AvgIpc) is 3.29. The molecule has 0 aliphatic carbocycles. The maximum absolute atomic E-state index is 6.09. The summed E-state index contributed by atoms with van der Waals surface area (Å²) in [7, 11) is 0. The van der Waals surface area contributed by atoms with Gasteiger partial charge in [0.1, 0.15) is 29.8 Å². The van der Waals surface area contributed by atoms with E-state index in [4.69, 9.17) is 15.2 Å². The third kappa shape index (κ3) is 2.53. The molecule has 0 saturated carbocycles. The van der Waals surface area contributed by atoms with E-state index in [0.29, 0.717) is 5.82 Å². The summed E-state index contributed by atoms with van der Waals surface area (Å²) >= 11 is 0. The van der Waals surface area contributed by atoms with Crippen LogP contribution in [0.1, 0.15) is 19.1 Å². The smallest absolute Gasteiger partial charge is 0.202 e. The van der Waals surface area contributed by atoms with Gasteiger partial charge in [0, 0.05) is 30.4 Å². The van der Waals surface area contributed by atoms with Crippen LogP contribution in [0.2, 0.25) is 0 Å². The van der Waals surface area contributed by atoms with Gasteiger partial charge in [-0.3, -0.25) is 4.98 Å². The second-order valence-electron chi connectivity index (χ2n) is 6.32. The molecule has 2 N–H and O–H groups in total. The van der Waals surface area contributed by atoms with Gasteiger partial charge in [0.2, 0.25) is 6.29 Å². The second-order valence-corrected chi connectivity index (χ2v) is 6.32. The summed E-state index contributed by atoms with van der Waals surface area (Å²) in [5.41, 5.74) is 6.69. The van der Waals surface area contributed by atoms with E-state index in [1.807, 2.05) is 47.3 Å². The van der Waals surface area contributed by atoms with Gasteiger partial charge >= 0.3 is 0 Å². The van der Waals surface area contributed by atoms with Crippen molar-refractivity contribution in [1.29, 1.82) is 0 Å². The molecule has 1 fully saturated rings. The summed E-state index contributed by atoms with van der Waals surface area (Å²) in [4.78, 5) is 12.5. The molecular formula is C19H17N5O2. The van der Waals surface area contributed by atoms with Crippen molar-refractivity contribution in [3.05, 3.63) is 55.2 Å². The first-order valence-electron chi connectivity index (χ1n) is 8.51. The number of nitrogen functional groups attached to an aromatic ring is 1. The molecule has 1 aliphatic heterocycles. The lowest BCUT2D eigenvalue weighted by molar-refractivity contribution is -0.0952. The molecule has 5 rings (SSSR count). The number of nitrogens with two attached hydrogens (primary N) is 1. The van der Waals surface area contributed by atoms with Gasteiger partial charge in [0.25, 0.3) is 0 Å². The van der Waals surface area contributed by atoms with Gasteiger partial charge in [-0.1, -0.05) is 6.07 Å². The lowest BCUT2D eigenvalue weighted by Crippen LogP contribution is -2.17. The first kappa shape index (κ1) is 15.1. The van der Waals surface area contributed by atoms with Gasteiger partial charge < -0.3 is 19.8 Å². The van der Waals surface area contributed by atoms with Crippen molar-refractivity contribution in [2.24, 2.45) is 0 Å². The Morgan fingerprint density at radius 2 is 2.08 bits per heavy atom. The molecule has 4 heterocycles. The Bertz CT molecular complexity index is 1090. The molecule has 26 heavy (non-hydrogen) atoms. The minimum Gasteiger partial charge on any atom is -0.465 e. The molecule has 4 aromatic rings. The highest BCUT2D eigenvalue weighted by Gasteiger charge is 2.29. The number of benzene rings is 1. The van der Waals surface area contributed by atoms with Gasteiger partial charge in [-0.05, 0) is 36.1 Å². The molecule has 7 nitrogen and oxygen atoms in total. The van der Waals surface area contributed by atoms with Crippen LogP contribution >= 0.6 is 0 Å². The number of pyridine rings is 1. The lowest BCUT2D eigenvalue weighted by atomic mass is 10.2. The fourth-order valence-electron chi connectivity index (χ4n) is 3.39. The minimum atomic E-state index is -0.300. The Morgan fingerprint density at radius 1 is 1.12 bits per heavy atom. The van der Waals surface area contributed by atoms with Crippen molar-refractivity contribution >= 4 is 27.6 Å². The van der Waals surface area contributed by atoms with E-state index in [9.17, 15) is 0 Å². The number of aromatic nitrogens is 4. The number of rotatable bonds is 3. The topological polar surface area (TPSA) is 88.1 Å². The highest BCUT2D eigenvalue weighted by atomic mass is 16.7. The molecule has 0 spiro atoms. The number of nitrogens with zero attached hydrogens (tertiary/aromatic N) is 4. The highest BCUT2D eigenvalue weighted by Crippen LogP contribution is 2.33. The van der Waals surface area contributed by atoms with Crippen LogP contribution in [0.5, 0.6) is 5.75 Å². The van der Waals surface area contributed by atoms with Gasteiger partial charge in [0.15, 0.2) is 0 Å². The van der Waals surface area contributed by atoms with Crippen molar-refractivity contribution in [3.63, 3.8) is 0 Å². The SMILES string of the molecule is Nc1ncnc2c1ccn2[C@H]1CC[C@@H](Oc2ccc3ccncc3c2)O1. The third-order valence-electron chi connectivity index (χ3n) is 4.69. The van der Waals surface area contributed by atoms with E-state index in [2.05, 4.69) is 15.0 Å². The minimum absolute atomic E-state index is 0.131. The zero-order valence-electron chi connectivity index (χ0n) is 13.9. The maximum atomic E-state index is 6.09. The van der Waals surface area contributed by atoms with Crippen LogP contribution in [0, 0.1) is 0 Å². The predicted octanol–water partition coefficient (Wildman–Crippen LogP) is 3.28. The van der Waals surface area contributed by atoms with Crippen molar-refractivity contribution in [1.82, 2.24) is 19.5 Å². The van der Waals surface area contributed by atoms with Crippen molar-refractivity contribution in [2.75, 3.05) is 5.73 Å². The summed E-state index contributed by atoms with van der Waals surface area (Å²) in [6.07, 6.45) is 8.23. The summed E-state index contributed by atoms with van der Waals surface area (Å²) in [5.74, 6) is 1.25. The quantitative estimate of drug-likeness (QED) is 0.612. The molecule has 0 radical (unpaired) electrons. The van der Waals surface area contributed by atoms with Crippen molar-refractivity contribution in [2.45, 2.75) is 25.4 Å². The number of hydrogen-bond donors (Lipinski definition) is 1. The Balaban J connectivity index is 1.35. The highest BCUT2D eigenvalue weighted by molar-refractivity contribution is 5.86. The first-order chi connectivity index (χ1) is 12.8. The molecular weight excluding hydrogens is 330 g/mol. The van der Waals surface area contributed by atoms with Crippen LogP contribution in [-0.2, 0) is 4.74 Å². The molecule has 2 atom stereocenters. The normalized spacial score (nSPS) is 20.0. The lowest BCUT2D eigenvalue weighted by Gasteiger charge is -2.17. The monoisotopic (exact) mass is 347 g/mol. The average molecular weight is 347 g/mol. The van der Waals surface area contributed by atoms with Crippen LogP contribution in [-0.4, -0.2) is 25.8 Å². The second kappa shape index (κ2) is 5.96. The van der Waals surface area contributed by atoms with Crippen LogP contribution in [0.3, 0.4) is 0 Å². The molecule has 1 saturated heterocycles. The molecule has 3 aromatic heterocycles. The van der Waals surface area contributed by atoms with E-state index in [1.165, 1.54) is 6.33 Å². The Hall–Kier alpha value is -3.19. The third-order valence-corrected chi connectivity index (χ3v) is 4.69. The maximum Gasteiger partial charge on any atom is 0.202 e. The number of ether oxygens (including phenoxy) is 2. The Labute approximate surface area is 149 Å². The zero-order chi connectivity index (χ0) is 17.5. The Morgan fingerprint density at radius 3 is 3.04 bits per heavy atom. The summed E-state index contributed by atoms with van der Waals surface area (Å²) in [5, 5.41) is 3.01. The standard InChI is InChI=1S/C19H17N5O2/c20-18-15-6-8-24(19(15)23-11-22-18)16-3-4-17(26-16)25-14-2-1-12-5-7-21-10-13(12)9-14/h1-2,5-11,16-17H,3-4H2,(H2,20,22,23)/t16-,17+/m1/s1. The van der Waals surface area contributed by atoms with Crippen LogP contribution in [0.15, 0.2) is 55.2 Å². The molecule has 0 bridgehead atoms. The largest absolute Gasteiger partial charge is 0.465 e. The molecule has 0 unspecified atom stereocenters. The molecule has 130 valence electrons. The summed E-state index contributed by atoms with van der Waals surface area (Å²) in [6, 6.07) is 9.86. The number of fused-ring (bicyclic) bond motifs is 2. The number of hydrogen-bond acceptors (Lipinski definition) is 6. The number of anilines is 1. The molecule has 7 heteroatoms. The van der Waals surface area contributed by atoms with Gasteiger partial charge in [-0.2, -0.15) is 0 Å². The van der Waals surface area contributed by atoms with Crippen LogP contribution < -0.4 is 10.5 Å². The van der Waals surface area contributed by atoms with Gasteiger partial charge in [0.05, 0.1) is 5.39 Å². The fourth-order valence-corrected chi connectivity index (χ4v) is 3.39. The van der Waals surface area contributed by atoms with E-state index >= 15 is 0 Å². The zero-order valence-corrected chi connectivity index (χ0v) is 13.9. The molecule has 0 amide bonds. The van der Waals surface area contributed by atoms with Gasteiger partial charge in [-0.25, -0.2) is 9.97 Å². The van der Waals surface area contributed by atoms with E-state index < -0.39 is 0 Å². The van der Waals surface area contributed by atoms with Crippen molar-refractivity contribution in [3.8, 4) is 5.75 Å². The van der Waals surface area contributed by atoms with E-state index in [-0.39, 0.29) is 12.5 Å². The Kier molecular flexibility index (Phi) is 3.46. The predicted molar refractivity (Wildman–Crippen MR) is 97.5 cm³/mol. The molecule has 1 aromatic carbocycles. The van der Waals surface area contributed by atoms with Crippen LogP contribution in [0.25, 0.3) is 21.8 Å².